The van der Waals surface area contributed by atoms with Gasteiger partial charge in [-0.3, -0.25) is 4.79 Å². The zero-order valence-corrected chi connectivity index (χ0v) is 11.7. The maximum Gasteiger partial charge on any atom is 0.326 e. The summed E-state index contributed by atoms with van der Waals surface area (Å²) in [5, 5.41) is 18.6. The fourth-order valence-corrected chi connectivity index (χ4v) is 1.57. The van der Waals surface area contributed by atoms with Crippen molar-refractivity contribution in [1.82, 2.24) is 0 Å². The van der Waals surface area contributed by atoms with E-state index in [0.717, 1.165) is 0 Å². The third kappa shape index (κ3) is 4.44. The Labute approximate surface area is 113 Å². The summed E-state index contributed by atoms with van der Waals surface area (Å²) in [5.41, 5.74) is 4.81. The van der Waals surface area contributed by atoms with Crippen molar-refractivity contribution in [2.45, 2.75) is 45.3 Å². The highest BCUT2D eigenvalue weighted by molar-refractivity contribution is 5.80. The van der Waals surface area contributed by atoms with E-state index in [2.05, 4.69) is 0 Å². The summed E-state index contributed by atoms with van der Waals surface area (Å²) in [6.45, 7) is 6.89. The molecule has 0 bridgehead atoms. The monoisotopic (exact) mass is 267 g/mol. The number of benzene rings is 1. The number of aromatic hydroxyl groups is 2. The second-order valence-electron chi connectivity index (χ2n) is 5.92. The lowest BCUT2D eigenvalue weighted by Crippen LogP contribution is -2.50. The van der Waals surface area contributed by atoms with E-state index in [0.29, 0.717) is 5.56 Å². The Morgan fingerprint density at radius 3 is 2.26 bits per heavy atom. The Hall–Kier alpha value is -1.75. The zero-order valence-electron chi connectivity index (χ0n) is 11.7. The minimum Gasteiger partial charge on any atom is -0.504 e. The van der Waals surface area contributed by atoms with Crippen LogP contribution in [0.15, 0.2) is 18.2 Å². The number of phenols is 2. The molecule has 0 saturated heterocycles. The number of nitrogens with two attached hydrogens (primary N) is 1. The van der Waals surface area contributed by atoms with Crippen molar-refractivity contribution < 1.29 is 19.7 Å². The van der Waals surface area contributed by atoms with Crippen LogP contribution in [0.1, 0.15) is 33.3 Å². The van der Waals surface area contributed by atoms with E-state index in [-0.39, 0.29) is 17.9 Å². The molecular formula is C14H21NO4. The Kier molecular flexibility index (Phi) is 4.10. The molecule has 106 valence electrons. The van der Waals surface area contributed by atoms with Crippen molar-refractivity contribution in [2.24, 2.45) is 5.73 Å². The summed E-state index contributed by atoms with van der Waals surface area (Å²) in [7, 11) is 0. The smallest absolute Gasteiger partial charge is 0.326 e. The van der Waals surface area contributed by atoms with Gasteiger partial charge in [0.1, 0.15) is 11.1 Å². The molecule has 0 saturated carbocycles. The maximum absolute atomic E-state index is 12.0. The van der Waals surface area contributed by atoms with E-state index in [1.807, 2.05) is 0 Å². The summed E-state index contributed by atoms with van der Waals surface area (Å²) in [5.74, 6) is -0.954. The third-order valence-corrected chi connectivity index (χ3v) is 2.48. The molecule has 0 aliphatic rings. The summed E-state index contributed by atoms with van der Waals surface area (Å²) in [6.07, 6.45) is 0.204. The van der Waals surface area contributed by atoms with Gasteiger partial charge in [-0.1, -0.05) is 6.07 Å². The van der Waals surface area contributed by atoms with Gasteiger partial charge < -0.3 is 20.7 Å². The zero-order chi connectivity index (χ0) is 14.8. The number of rotatable bonds is 3. The average Bonchev–Trinajstić information content (AvgIpc) is 2.20. The fourth-order valence-electron chi connectivity index (χ4n) is 1.57. The minimum atomic E-state index is -1.20. The summed E-state index contributed by atoms with van der Waals surface area (Å²) in [4.78, 5) is 12.0. The van der Waals surface area contributed by atoms with Crippen LogP contribution in [0.5, 0.6) is 11.5 Å². The van der Waals surface area contributed by atoms with E-state index in [1.165, 1.54) is 12.1 Å². The predicted octanol–water partition coefficient (Wildman–Crippen LogP) is 1.70. The number of hydrogen-bond acceptors (Lipinski definition) is 5. The number of esters is 1. The average molecular weight is 267 g/mol. The van der Waals surface area contributed by atoms with E-state index >= 15 is 0 Å². The predicted molar refractivity (Wildman–Crippen MR) is 71.9 cm³/mol. The molecule has 0 unspecified atom stereocenters. The maximum atomic E-state index is 12.0. The highest BCUT2D eigenvalue weighted by atomic mass is 16.6. The lowest BCUT2D eigenvalue weighted by Gasteiger charge is -2.28. The number of carbonyl (C=O) groups excluding carboxylic acids is 1. The van der Waals surface area contributed by atoms with Crippen molar-refractivity contribution in [1.29, 1.82) is 0 Å². The third-order valence-electron chi connectivity index (χ3n) is 2.48. The van der Waals surface area contributed by atoms with Crippen molar-refractivity contribution >= 4 is 5.97 Å². The van der Waals surface area contributed by atoms with Crippen molar-refractivity contribution in [3.05, 3.63) is 23.8 Å². The quantitative estimate of drug-likeness (QED) is 0.572. The molecule has 1 rings (SSSR count). The molecule has 0 aliphatic heterocycles. The first-order valence-electron chi connectivity index (χ1n) is 6.04. The van der Waals surface area contributed by atoms with Crippen LogP contribution in [-0.4, -0.2) is 27.3 Å². The summed E-state index contributed by atoms with van der Waals surface area (Å²) < 4.78 is 5.25. The van der Waals surface area contributed by atoms with Crippen LogP contribution in [0.25, 0.3) is 0 Å². The van der Waals surface area contributed by atoms with Gasteiger partial charge in [-0.2, -0.15) is 0 Å². The molecule has 4 N–H and O–H groups in total. The first-order chi connectivity index (χ1) is 8.51. The number of hydrogen-bond donors (Lipinski definition) is 3. The Balaban J connectivity index is 2.83. The molecule has 0 fully saturated rings. The normalized spacial score (nSPS) is 14.8. The lowest BCUT2D eigenvalue weighted by atomic mass is 9.93. The van der Waals surface area contributed by atoms with Gasteiger partial charge in [0.25, 0.3) is 0 Å². The molecule has 5 heteroatoms. The summed E-state index contributed by atoms with van der Waals surface area (Å²) >= 11 is 0. The van der Waals surface area contributed by atoms with E-state index < -0.39 is 17.1 Å². The van der Waals surface area contributed by atoms with Gasteiger partial charge in [0, 0.05) is 6.42 Å². The molecular weight excluding hydrogens is 246 g/mol. The highest BCUT2D eigenvalue weighted by Gasteiger charge is 2.33. The van der Waals surface area contributed by atoms with Gasteiger partial charge >= 0.3 is 5.97 Å². The number of phenolic OH excluding ortho intramolecular Hbond substituents is 2. The molecule has 0 aliphatic carbocycles. The highest BCUT2D eigenvalue weighted by Crippen LogP contribution is 2.27. The number of ether oxygens (including phenoxy) is 1. The van der Waals surface area contributed by atoms with Crippen molar-refractivity contribution in [3.63, 3.8) is 0 Å². The van der Waals surface area contributed by atoms with E-state index in [4.69, 9.17) is 10.5 Å². The van der Waals surface area contributed by atoms with Gasteiger partial charge in [-0.05, 0) is 45.4 Å². The van der Waals surface area contributed by atoms with E-state index in [1.54, 1.807) is 33.8 Å². The van der Waals surface area contributed by atoms with Crippen molar-refractivity contribution in [2.75, 3.05) is 0 Å². The molecule has 0 amide bonds. The van der Waals surface area contributed by atoms with Gasteiger partial charge in [0.2, 0.25) is 0 Å². The molecule has 0 heterocycles. The lowest BCUT2D eigenvalue weighted by molar-refractivity contribution is -0.160. The SMILES string of the molecule is CC(C)(C)OC(=O)[C@@](C)(N)Cc1ccc(O)c(O)c1. The fraction of sp³-hybridized carbons (Fsp3) is 0.500. The minimum absolute atomic E-state index is 0.204. The molecule has 0 spiro atoms. The van der Waals surface area contributed by atoms with Crippen LogP contribution in [0.2, 0.25) is 0 Å². The standard InChI is InChI=1S/C14H21NO4/c1-13(2,3)19-12(18)14(4,15)8-9-5-6-10(16)11(17)7-9/h5-7,16-17H,8,15H2,1-4H3/t14-/m0/s1. The van der Waals surface area contributed by atoms with Crippen LogP contribution >= 0.6 is 0 Å². The topological polar surface area (TPSA) is 92.8 Å². The van der Waals surface area contributed by atoms with E-state index in [9.17, 15) is 15.0 Å². The first-order valence-corrected chi connectivity index (χ1v) is 6.04. The van der Waals surface area contributed by atoms with Gasteiger partial charge in [-0.25, -0.2) is 0 Å². The molecule has 0 aromatic heterocycles. The van der Waals surface area contributed by atoms with Gasteiger partial charge in [0.15, 0.2) is 11.5 Å². The molecule has 19 heavy (non-hydrogen) atoms. The first kappa shape index (κ1) is 15.3. The van der Waals surface area contributed by atoms with Crippen LogP contribution in [-0.2, 0) is 16.0 Å². The molecule has 5 nitrogen and oxygen atoms in total. The second-order valence-corrected chi connectivity index (χ2v) is 5.92. The van der Waals surface area contributed by atoms with Crippen LogP contribution < -0.4 is 5.73 Å². The van der Waals surface area contributed by atoms with Crippen LogP contribution in [0.3, 0.4) is 0 Å². The largest absolute Gasteiger partial charge is 0.504 e. The molecule has 0 radical (unpaired) electrons. The Bertz CT molecular complexity index is 475. The van der Waals surface area contributed by atoms with Crippen molar-refractivity contribution in [3.8, 4) is 11.5 Å². The van der Waals surface area contributed by atoms with Gasteiger partial charge in [-0.15, -0.1) is 0 Å². The molecule has 1 aromatic rings. The Morgan fingerprint density at radius 2 is 1.79 bits per heavy atom. The number of carbonyl (C=O) groups is 1. The van der Waals surface area contributed by atoms with Gasteiger partial charge in [0.05, 0.1) is 0 Å². The summed E-state index contributed by atoms with van der Waals surface area (Å²) in [6, 6.07) is 4.34. The molecule has 1 aromatic carbocycles. The Morgan fingerprint density at radius 1 is 1.21 bits per heavy atom. The second kappa shape index (κ2) is 5.09. The van der Waals surface area contributed by atoms with Crippen LogP contribution in [0, 0.1) is 0 Å². The molecule has 1 atom stereocenters. The van der Waals surface area contributed by atoms with Crippen LogP contribution in [0.4, 0.5) is 0 Å².